The van der Waals surface area contributed by atoms with Crippen LogP contribution in [0.2, 0.25) is 0 Å². The zero-order valence-electron chi connectivity index (χ0n) is 7.39. The number of amides is 2. The summed E-state index contributed by atoms with van der Waals surface area (Å²) in [5.41, 5.74) is -0.775. The van der Waals surface area contributed by atoms with Crippen LogP contribution >= 0.6 is 0 Å². The zero-order valence-corrected chi connectivity index (χ0v) is 7.39. The predicted molar refractivity (Wildman–Crippen MR) is 45.7 cm³/mol. The fraction of sp³-hybridized carbons (Fsp3) is 0.625. The zero-order chi connectivity index (χ0) is 9.47. The fourth-order valence-electron chi connectivity index (χ4n) is 1.84. The van der Waals surface area contributed by atoms with Crippen molar-refractivity contribution in [1.29, 1.82) is 0 Å². The lowest BCUT2D eigenvalue weighted by Gasteiger charge is -2.36. The van der Waals surface area contributed by atoms with E-state index in [9.17, 15) is 9.59 Å². The molecule has 2 aliphatic rings. The first-order valence-electron chi connectivity index (χ1n) is 4.32. The van der Waals surface area contributed by atoms with E-state index in [1.807, 2.05) is 6.92 Å². The van der Waals surface area contributed by atoms with Gasteiger partial charge in [0.25, 0.3) is 0 Å². The molecule has 1 radical (unpaired) electrons. The van der Waals surface area contributed by atoms with E-state index in [2.05, 4.69) is 16.0 Å². The molecule has 0 aromatic carbocycles. The van der Waals surface area contributed by atoms with Crippen LogP contribution in [0.3, 0.4) is 0 Å². The number of hydrogen-bond acceptors (Lipinski definition) is 3. The minimum absolute atomic E-state index is 0.0181. The van der Waals surface area contributed by atoms with E-state index in [1.54, 1.807) is 6.54 Å². The molecule has 2 heterocycles. The summed E-state index contributed by atoms with van der Waals surface area (Å²) in [7, 11) is 0. The molecule has 2 atom stereocenters. The van der Waals surface area contributed by atoms with Crippen LogP contribution < -0.4 is 16.0 Å². The Labute approximate surface area is 76.3 Å². The van der Waals surface area contributed by atoms with Gasteiger partial charge in [-0.25, -0.2) is 4.79 Å². The van der Waals surface area contributed by atoms with Crippen LogP contribution in [0.4, 0.5) is 4.79 Å². The van der Waals surface area contributed by atoms with E-state index in [0.717, 1.165) is 6.54 Å². The molecule has 5 nitrogen and oxygen atoms in total. The number of carbonyl (C=O) groups excluding carboxylic acids is 2. The minimum atomic E-state index is -0.775. The van der Waals surface area contributed by atoms with Gasteiger partial charge in [0.2, 0.25) is 0 Å². The number of piperidine rings is 1. The van der Waals surface area contributed by atoms with Crippen molar-refractivity contribution in [2.45, 2.75) is 12.5 Å². The number of ketones is 1. The van der Waals surface area contributed by atoms with Crippen molar-refractivity contribution in [2.75, 3.05) is 13.1 Å². The van der Waals surface area contributed by atoms with Gasteiger partial charge < -0.3 is 16.0 Å². The Balaban J connectivity index is 2.26. The third kappa shape index (κ3) is 1.11. The second-order valence-corrected chi connectivity index (χ2v) is 3.57. The summed E-state index contributed by atoms with van der Waals surface area (Å²) >= 11 is 0. The van der Waals surface area contributed by atoms with E-state index in [-0.39, 0.29) is 17.7 Å². The Kier molecular flexibility index (Phi) is 1.76. The summed E-state index contributed by atoms with van der Waals surface area (Å²) in [6.45, 7) is 4.57. The van der Waals surface area contributed by atoms with Crippen LogP contribution in [0.25, 0.3) is 0 Å². The van der Waals surface area contributed by atoms with E-state index in [4.69, 9.17) is 0 Å². The fourth-order valence-corrected chi connectivity index (χ4v) is 1.84. The van der Waals surface area contributed by atoms with Crippen molar-refractivity contribution in [3.63, 3.8) is 0 Å². The highest BCUT2D eigenvalue weighted by molar-refractivity contribution is 5.99. The predicted octanol–water partition coefficient (Wildman–Crippen LogP) is -0.992. The topological polar surface area (TPSA) is 70.2 Å². The Morgan fingerprint density at radius 3 is 2.85 bits per heavy atom. The molecule has 5 heteroatoms. The van der Waals surface area contributed by atoms with Crippen LogP contribution in [-0.4, -0.2) is 30.4 Å². The van der Waals surface area contributed by atoms with Crippen molar-refractivity contribution >= 4 is 11.8 Å². The first kappa shape index (κ1) is 8.50. The lowest BCUT2D eigenvalue weighted by Crippen LogP contribution is -2.62. The maximum absolute atomic E-state index is 11.6. The lowest BCUT2D eigenvalue weighted by molar-refractivity contribution is -0.126. The van der Waals surface area contributed by atoms with Gasteiger partial charge in [0, 0.05) is 12.5 Å². The van der Waals surface area contributed by atoms with Crippen LogP contribution in [0, 0.1) is 12.5 Å². The van der Waals surface area contributed by atoms with Gasteiger partial charge in [-0.1, -0.05) is 6.92 Å². The second-order valence-electron chi connectivity index (χ2n) is 3.57. The molecule has 2 unspecified atom stereocenters. The van der Waals surface area contributed by atoms with Crippen LogP contribution in [0.15, 0.2) is 0 Å². The molecular formula is C8H12N3O2. The first-order chi connectivity index (χ1) is 6.15. The molecule has 2 amide bonds. The standard InChI is InChI=1S/C8H12N3O2/c1-5-2-9-3-6(12)8(5)4-10-7(13)11-8/h4-5,9H,2-3H2,1H3,(H2,10,11,13). The minimum Gasteiger partial charge on any atom is -0.330 e. The summed E-state index contributed by atoms with van der Waals surface area (Å²) in [5, 5.41) is 8.19. The smallest absolute Gasteiger partial charge is 0.316 e. The summed E-state index contributed by atoms with van der Waals surface area (Å²) in [6.07, 6.45) is 0. The molecular weight excluding hydrogens is 170 g/mol. The molecule has 0 aromatic rings. The third-order valence-corrected chi connectivity index (χ3v) is 2.73. The van der Waals surface area contributed by atoms with Crippen molar-refractivity contribution in [2.24, 2.45) is 5.92 Å². The second kappa shape index (κ2) is 2.70. The van der Waals surface area contributed by atoms with Gasteiger partial charge in [-0.15, -0.1) is 0 Å². The summed E-state index contributed by atoms with van der Waals surface area (Å²) in [4.78, 5) is 22.6. The normalized spacial score (nSPS) is 39.0. The summed E-state index contributed by atoms with van der Waals surface area (Å²) in [6, 6.07) is -0.290. The number of rotatable bonds is 0. The maximum Gasteiger partial charge on any atom is 0.316 e. The first-order valence-corrected chi connectivity index (χ1v) is 4.32. The number of urea groups is 1. The highest BCUT2D eigenvalue weighted by Crippen LogP contribution is 2.26. The number of nitrogens with one attached hydrogen (secondary N) is 3. The SMILES string of the molecule is CC1CNCC(=O)C12[CH]NC(=O)N2. The van der Waals surface area contributed by atoms with Crippen LogP contribution in [-0.2, 0) is 4.79 Å². The van der Waals surface area contributed by atoms with Gasteiger partial charge in [0.15, 0.2) is 5.78 Å². The molecule has 2 fully saturated rings. The summed E-state index contributed by atoms with van der Waals surface area (Å²) < 4.78 is 0. The quantitative estimate of drug-likeness (QED) is 0.450. The van der Waals surface area contributed by atoms with Gasteiger partial charge >= 0.3 is 6.03 Å². The van der Waals surface area contributed by atoms with Crippen molar-refractivity contribution in [3.05, 3.63) is 6.54 Å². The van der Waals surface area contributed by atoms with Gasteiger partial charge in [-0.3, -0.25) is 4.79 Å². The van der Waals surface area contributed by atoms with Crippen LogP contribution in [0.5, 0.6) is 0 Å². The number of Topliss-reactive ketones (excluding diaryl/α,β-unsaturated/α-hetero) is 1. The maximum atomic E-state index is 11.6. The highest BCUT2D eigenvalue weighted by atomic mass is 16.2. The van der Waals surface area contributed by atoms with Gasteiger partial charge in [0.1, 0.15) is 5.54 Å². The molecule has 2 rings (SSSR count). The average molecular weight is 182 g/mol. The van der Waals surface area contributed by atoms with E-state index < -0.39 is 5.54 Å². The van der Waals surface area contributed by atoms with E-state index >= 15 is 0 Å². The van der Waals surface area contributed by atoms with Gasteiger partial charge in [-0.05, 0) is 0 Å². The van der Waals surface area contributed by atoms with Crippen molar-refractivity contribution in [3.8, 4) is 0 Å². The lowest BCUT2D eigenvalue weighted by atomic mass is 9.79. The molecule has 0 aliphatic carbocycles. The van der Waals surface area contributed by atoms with E-state index in [1.165, 1.54) is 0 Å². The number of hydrogen-bond donors (Lipinski definition) is 3. The third-order valence-electron chi connectivity index (χ3n) is 2.73. The van der Waals surface area contributed by atoms with E-state index in [0.29, 0.717) is 6.54 Å². The largest absolute Gasteiger partial charge is 0.330 e. The van der Waals surface area contributed by atoms with Crippen molar-refractivity contribution < 1.29 is 9.59 Å². The Bertz CT molecular complexity index is 266. The molecule has 0 aromatic heterocycles. The highest BCUT2D eigenvalue weighted by Gasteiger charge is 2.50. The molecule has 2 saturated heterocycles. The van der Waals surface area contributed by atoms with Gasteiger partial charge in [-0.2, -0.15) is 0 Å². The number of carbonyl (C=O) groups is 2. The Morgan fingerprint density at radius 2 is 2.31 bits per heavy atom. The van der Waals surface area contributed by atoms with Crippen LogP contribution in [0.1, 0.15) is 6.92 Å². The summed E-state index contributed by atoms with van der Waals surface area (Å²) in [5.74, 6) is 0.109. The molecule has 0 saturated carbocycles. The molecule has 2 aliphatic heterocycles. The van der Waals surface area contributed by atoms with Crippen molar-refractivity contribution in [1.82, 2.24) is 16.0 Å². The molecule has 3 N–H and O–H groups in total. The molecule has 0 bridgehead atoms. The van der Waals surface area contributed by atoms with Gasteiger partial charge in [0.05, 0.1) is 13.1 Å². The Hall–Kier alpha value is -1.10. The Morgan fingerprint density at radius 1 is 1.54 bits per heavy atom. The molecule has 1 spiro atoms. The monoisotopic (exact) mass is 182 g/mol. The molecule has 71 valence electrons. The molecule has 13 heavy (non-hydrogen) atoms. The average Bonchev–Trinajstić information content (AvgIpc) is 2.46.